The van der Waals surface area contributed by atoms with Crippen LogP contribution in [0.5, 0.6) is 0 Å². The zero-order valence-corrected chi connectivity index (χ0v) is 34.3. The Bertz CT molecular complexity index is 2220. The van der Waals surface area contributed by atoms with Crippen molar-refractivity contribution in [2.24, 2.45) is 0 Å². The van der Waals surface area contributed by atoms with Gasteiger partial charge >= 0.3 is 0 Å². The van der Waals surface area contributed by atoms with Crippen LogP contribution in [0.3, 0.4) is 0 Å². The van der Waals surface area contributed by atoms with Crippen LogP contribution >= 0.6 is 15.9 Å². The maximum Gasteiger partial charge on any atom is 0.0461 e. The number of anilines is 4. The van der Waals surface area contributed by atoms with Crippen molar-refractivity contribution in [1.82, 2.24) is 0 Å². The topological polar surface area (TPSA) is 6.48 Å². The molecular weight excluding hydrogens is 720 g/mol. The van der Waals surface area contributed by atoms with Gasteiger partial charge in [-0.1, -0.05) is 144 Å². The second kappa shape index (κ2) is 16.7. The van der Waals surface area contributed by atoms with Crippen LogP contribution in [0.15, 0.2) is 186 Å². The molecule has 0 saturated carbocycles. The Morgan fingerprint density at radius 1 is 0.667 bits per heavy atom. The quantitative estimate of drug-likeness (QED) is 0.123. The minimum absolute atomic E-state index is 0.313. The minimum Gasteiger partial charge on any atom is -0.314 e. The highest BCUT2D eigenvalue weighted by molar-refractivity contribution is 9.10. The summed E-state index contributed by atoms with van der Waals surface area (Å²) in [6.45, 7) is 19.9. The second-order valence-electron chi connectivity index (χ2n) is 14.8. The minimum atomic E-state index is -0.313. The van der Waals surface area contributed by atoms with E-state index in [1.807, 2.05) is 0 Å². The van der Waals surface area contributed by atoms with E-state index in [0.717, 1.165) is 50.5 Å². The van der Waals surface area contributed by atoms with Crippen LogP contribution in [0, 0.1) is 20.8 Å². The molecule has 0 atom stereocenters. The third-order valence-corrected chi connectivity index (χ3v) is 10.8. The van der Waals surface area contributed by atoms with Gasteiger partial charge in [-0.05, 0) is 130 Å². The van der Waals surface area contributed by atoms with E-state index < -0.39 is 0 Å². The van der Waals surface area contributed by atoms with E-state index in [9.17, 15) is 0 Å². The molecule has 0 amide bonds. The summed E-state index contributed by atoms with van der Waals surface area (Å²) in [6.07, 6.45) is 16.3. The highest BCUT2D eigenvalue weighted by atomic mass is 79.9. The SMILES string of the molecule is C=C(C=CC(=CC)N(C1=CC=C(C)C=CC1)c1ccc(C)cc1)c1ccc(Br)cc1C(C)(C)c1ccc(N(c2ccc(C)cc2)c2ccc(C)cc2)cc1. The van der Waals surface area contributed by atoms with Gasteiger partial charge in [-0.25, -0.2) is 0 Å². The summed E-state index contributed by atoms with van der Waals surface area (Å²) in [5.74, 6) is 0. The van der Waals surface area contributed by atoms with E-state index in [4.69, 9.17) is 0 Å². The number of nitrogens with zero attached hydrogens (tertiary/aromatic N) is 2. The Balaban J connectivity index is 1.33. The van der Waals surface area contributed by atoms with Crippen LogP contribution in [-0.4, -0.2) is 0 Å². The van der Waals surface area contributed by atoms with Crippen LogP contribution in [0.4, 0.5) is 22.7 Å². The van der Waals surface area contributed by atoms with Crippen LogP contribution in [0.25, 0.3) is 5.57 Å². The van der Waals surface area contributed by atoms with E-state index in [0.29, 0.717) is 0 Å². The van der Waals surface area contributed by atoms with Gasteiger partial charge in [0.1, 0.15) is 0 Å². The van der Waals surface area contributed by atoms with Crippen molar-refractivity contribution in [3.05, 3.63) is 219 Å². The Morgan fingerprint density at radius 2 is 1.19 bits per heavy atom. The summed E-state index contributed by atoms with van der Waals surface area (Å²) in [6, 6.07) is 41.8. The molecule has 0 N–H and O–H groups in total. The molecule has 54 heavy (non-hydrogen) atoms. The molecule has 1 aliphatic carbocycles. The van der Waals surface area contributed by atoms with Crippen molar-refractivity contribution >= 4 is 44.3 Å². The maximum atomic E-state index is 4.64. The number of benzene rings is 5. The van der Waals surface area contributed by atoms with Gasteiger partial charge in [0, 0.05) is 50.5 Å². The lowest BCUT2D eigenvalue weighted by Crippen LogP contribution is -2.21. The lowest BCUT2D eigenvalue weighted by Gasteiger charge is -2.31. The molecule has 5 aromatic carbocycles. The van der Waals surface area contributed by atoms with Crippen LogP contribution in [-0.2, 0) is 5.41 Å². The first-order valence-corrected chi connectivity index (χ1v) is 19.5. The van der Waals surface area contributed by atoms with Crippen molar-refractivity contribution < 1.29 is 0 Å². The summed E-state index contributed by atoms with van der Waals surface area (Å²) >= 11 is 3.79. The Kier molecular flexibility index (Phi) is 11.9. The Morgan fingerprint density at radius 3 is 1.72 bits per heavy atom. The molecule has 0 heterocycles. The monoisotopic (exact) mass is 770 g/mol. The number of rotatable bonds is 11. The van der Waals surface area contributed by atoms with Crippen molar-refractivity contribution in [3.8, 4) is 0 Å². The highest BCUT2D eigenvalue weighted by Crippen LogP contribution is 2.41. The third-order valence-electron chi connectivity index (χ3n) is 10.3. The van der Waals surface area contributed by atoms with Crippen LogP contribution in [0.2, 0.25) is 0 Å². The average Bonchev–Trinajstić information content (AvgIpc) is 3.39. The fourth-order valence-electron chi connectivity index (χ4n) is 6.96. The number of halogens is 1. The molecule has 0 unspecified atom stereocenters. The van der Waals surface area contributed by atoms with Gasteiger partial charge in [-0.3, -0.25) is 0 Å². The molecule has 0 saturated heterocycles. The standard InChI is InChI=1S/C51H51BrN2/c1-9-43(53(45-25-14-37(3)15-26-45)44-12-10-11-36(2)13-24-44)31-20-40(6)49-34-23-42(52)35-50(49)51(7,8)41-21-32-48(33-22-41)54(46-27-16-38(4)17-28-46)47-29-18-39(5)19-30-47/h9-11,13-35H,6,12H2,1-5,7-8H3. The predicted octanol–water partition coefficient (Wildman–Crippen LogP) is 14.9. The molecule has 3 heteroatoms. The maximum absolute atomic E-state index is 4.64. The summed E-state index contributed by atoms with van der Waals surface area (Å²) in [7, 11) is 0. The third kappa shape index (κ3) is 8.70. The molecule has 0 fully saturated rings. The van der Waals surface area contributed by atoms with Crippen LogP contribution < -0.4 is 9.80 Å². The Labute approximate surface area is 332 Å². The lowest BCUT2D eigenvalue weighted by molar-refractivity contribution is 0.638. The molecule has 0 aromatic heterocycles. The zero-order valence-electron chi connectivity index (χ0n) is 32.7. The van der Waals surface area contributed by atoms with E-state index in [2.05, 4.69) is 239 Å². The molecule has 6 rings (SSSR count). The van der Waals surface area contributed by atoms with Gasteiger partial charge < -0.3 is 9.80 Å². The van der Waals surface area contributed by atoms with E-state index in [-0.39, 0.29) is 5.41 Å². The highest BCUT2D eigenvalue weighted by Gasteiger charge is 2.27. The molecule has 5 aromatic rings. The van der Waals surface area contributed by atoms with Crippen molar-refractivity contribution in [2.45, 2.75) is 60.3 Å². The van der Waals surface area contributed by atoms with Gasteiger partial charge in [0.2, 0.25) is 0 Å². The smallest absolute Gasteiger partial charge is 0.0461 e. The zero-order chi connectivity index (χ0) is 38.4. The molecular formula is C51H51BrN2. The van der Waals surface area contributed by atoms with Crippen molar-refractivity contribution in [2.75, 3.05) is 9.80 Å². The van der Waals surface area contributed by atoms with Crippen molar-refractivity contribution in [1.29, 1.82) is 0 Å². The molecule has 1 aliphatic rings. The van der Waals surface area contributed by atoms with Crippen LogP contribution in [0.1, 0.15) is 67.5 Å². The van der Waals surface area contributed by atoms with Gasteiger partial charge in [-0.15, -0.1) is 0 Å². The average molecular weight is 772 g/mol. The van der Waals surface area contributed by atoms with Gasteiger partial charge in [0.15, 0.2) is 0 Å². The Hall–Kier alpha value is -5.38. The van der Waals surface area contributed by atoms with Gasteiger partial charge in [0.25, 0.3) is 0 Å². The fraction of sp³-hybridized carbons (Fsp3) is 0.176. The first-order valence-electron chi connectivity index (χ1n) is 18.7. The normalized spacial score (nSPS) is 13.4. The summed E-state index contributed by atoms with van der Waals surface area (Å²) < 4.78 is 1.05. The summed E-state index contributed by atoms with van der Waals surface area (Å²) in [5, 5.41) is 0. The van der Waals surface area contributed by atoms with E-state index in [1.54, 1.807) is 0 Å². The van der Waals surface area contributed by atoms with E-state index in [1.165, 1.54) is 39.1 Å². The first-order chi connectivity index (χ1) is 25.9. The lowest BCUT2D eigenvalue weighted by atomic mass is 9.75. The fourth-order valence-corrected chi connectivity index (χ4v) is 7.33. The van der Waals surface area contributed by atoms with E-state index >= 15 is 0 Å². The number of hydrogen-bond acceptors (Lipinski definition) is 2. The van der Waals surface area contributed by atoms with Gasteiger partial charge in [0.05, 0.1) is 0 Å². The first kappa shape index (κ1) is 38.3. The molecule has 272 valence electrons. The summed E-state index contributed by atoms with van der Waals surface area (Å²) in [5.41, 5.74) is 16.0. The number of aryl methyl sites for hydroxylation is 3. The second-order valence-corrected chi connectivity index (χ2v) is 15.7. The molecule has 0 aliphatic heterocycles. The molecule has 0 bridgehead atoms. The molecule has 0 radical (unpaired) electrons. The predicted molar refractivity (Wildman–Crippen MR) is 238 cm³/mol. The summed E-state index contributed by atoms with van der Waals surface area (Å²) in [4.78, 5) is 4.68. The number of allylic oxidation sites excluding steroid dienone is 9. The number of hydrogen-bond donors (Lipinski definition) is 0. The molecule has 0 spiro atoms. The van der Waals surface area contributed by atoms with Crippen molar-refractivity contribution in [3.63, 3.8) is 0 Å². The molecule has 2 nitrogen and oxygen atoms in total. The van der Waals surface area contributed by atoms with Gasteiger partial charge in [-0.2, -0.15) is 0 Å². The largest absolute Gasteiger partial charge is 0.314 e.